The van der Waals surface area contributed by atoms with E-state index in [1.165, 1.54) is 0 Å². The Morgan fingerprint density at radius 3 is 3.00 bits per heavy atom. The molecule has 0 unspecified atom stereocenters. The number of aromatic nitrogens is 1. The number of rotatable bonds is 2. The van der Waals surface area contributed by atoms with Crippen molar-refractivity contribution in [1.82, 2.24) is 4.40 Å². The van der Waals surface area contributed by atoms with Crippen LogP contribution in [-0.4, -0.2) is 22.1 Å². The molecule has 2 aromatic heterocycles. The minimum Gasteiger partial charge on any atom is -0.506 e. The van der Waals surface area contributed by atoms with Crippen LogP contribution in [0.2, 0.25) is 0 Å². The first-order chi connectivity index (χ1) is 7.24. The molecule has 0 aromatic carbocycles. The predicted molar refractivity (Wildman–Crippen MR) is 55.0 cm³/mol. The largest absolute Gasteiger partial charge is 0.506 e. The first kappa shape index (κ1) is 9.58. The molecule has 0 saturated heterocycles. The lowest BCUT2D eigenvalue weighted by atomic mass is 10.4. The molecule has 0 spiro atoms. The van der Waals surface area contributed by atoms with Gasteiger partial charge in [0.2, 0.25) is 0 Å². The zero-order valence-electron chi connectivity index (χ0n) is 8.30. The molecule has 0 radical (unpaired) electrons. The second-order valence-corrected chi connectivity index (χ2v) is 3.09. The van der Waals surface area contributed by atoms with Gasteiger partial charge in [0.25, 0.3) is 0 Å². The summed E-state index contributed by atoms with van der Waals surface area (Å²) in [6.07, 6.45) is 1.71. The third-order valence-electron chi connectivity index (χ3n) is 2.15. The van der Waals surface area contributed by atoms with Crippen LogP contribution in [0, 0.1) is 0 Å². The summed E-state index contributed by atoms with van der Waals surface area (Å²) in [7, 11) is 0. The highest BCUT2D eigenvalue weighted by Crippen LogP contribution is 2.20. The highest BCUT2D eigenvalue weighted by molar-refractivity contribution is 5.89. The molecule has 0 amide bonds. The maximum absolute atomic E-state index is 11.5. The maximum Gasteiger partial charge on any atom is 0.355 e. The molecule has 15 heavy (non-hydrogen) atoms. The molecule has 0 bridgehead atoms. The molecular weight excluding hydrogens is 194 g/mol. The molecular formula is C11H11NO3. The number of hydrogen-bond donors (Lipinski definition) is 1. The van der Waals surface area contributed by atoms with Crippen molar-refractivity contribution in [3.05, 3.63) is 36.2 Å². The fourth-order valence-electron chi connectivity index (χ4n) is 1.49. The molecule has 1 N–H and O–H groups in total. The van der Waals surface area contributed by atoms with Crippen LogP contribution < -0.4 is 0 Å². The molecule has 0 saturated carbocycles. The van der Waals surface area contributed by atoms with E-state index >= 15 is 0 Å². The molecule has 0 aliphatic carbocycles. The minimum atomic E-state index is -0.386. The first-order valence-electron chi connectivity index (χ1n) is 4.70. The fourth-order valence-corrected chi connectivity index (χ4v) is 1.49. The van der Waals surface area contributed by atoms with Crippen LogP contribution in [0.3, 0.4) is 0 Å². The number of esters is 1. The number of carbonyl (C=O) groups excluding carboxylic acids is 1. The van der Waals surface area contributed by atoms with E-state index in [1.54, 1.807) is 41.8 Å². The van der Waals surface area contributed by atoms with Crippen molar-refractivity contribution in [1.29, 1.82) is 0 Å². The van der Waals surface area contributed by atoms with E-state index in [-0.39, 0.29) is 11.7 Å². The van der Waals surface area contributed by atoms with E-state index in [1.807, 2.05) is 0 Å². The second-order valence-electron chi connectivity index (χ2n) is 3.09. The lowest BCUT2D eigenvalue weighted by Gasteiger charge is -2.03. The number of carbonyl (C=O) groups is 1. The Morgan fingerprint density at radius 2 is 2.27 bits per heavy atom. The van der Waals surface area contributed by atoms with E-state index in [2.05, 4.69) is 0 Å². The molecule has 2 heterocycles. The highest BCUT2D eigenvalue weighted by atomic mass is 16.5. The summed E-state index contributed by atoms with van der Waals surface area (Å²) in [4.78, 5) is 11.5. The van der Waals surface area contributed by atoms with Gasteiger partial charge in [-0.1, -0.05) is 0 Å². The van der Waals surface area contributed by atoms with Crippen LogP contribution in [0.15, 0.2) is 30.5 Å². The van der Waals surface area contributed by atoms with Crippen LogP contribution in [0.25, 0.3) is 5.52 Å². The van der Waals surface area contributed by atoms with E-state index in [0.29, 0.717) is 17.8 Å². The van der Waals surface area contributed by atoms with Gasteiger partial charge in [0.15, 0.2) is 0 Å². The molecule has 0 atom stereocenters. The van der Waals surface area contributed by atoms with Gasteiger partial charge in [-0.25, -0.2) is 4.79 Å². The normalized spacial score (nSPS) is 10.5. The van der Waals surface area contributed by atoms with Gasteiger partial charge in [-0.05, 0) is 31.2 Å². The summed E-state index contributed by atoms with van der Waals surface area (Å²) in [6.45, 7) is 2.09. The van der Waals surface area contributed by atoms with Gasteiger partial charge >= 0.3 is 5.97 Å². The third kappa shape index (κ3) is 1.54. The Balaban J connectivity index is 2.54. The summed E-state index contributed by atoms with van der Waals surface area (Å²) in [5, 5.41) is 9.52. The second kappa shape index (κ2) is 3.65. The van der Waals surface area contributed by atoms with E-state index in [4.69, 9.17) is 4.74 Å². The number of ether oxygens (including phenoxy) is 1. The molecule has 0 aliphatic heterocycles. The SMILES string of the molecule is CCOC(=O)c1ccc2c(O)cccn12. The van der Waals surface area contributed by atoms with Crippen LogP contribution in [0.1, 0.15) is 17.4 Å². The van der Waals surface area contributed by atoms with Crippen molar-refractivity contribution in [2.45, 2.75) is 6.92 Å². The quantitative estimate of drug-likeness (QED) is 0.761. The summed E-state index contributed by atoms with van der Waals surface area (Å²) >= 11 is 0. The third-order valence-corrected chi connectivity index (χ3v) is 2.15. The van der Waals surface area contributed by atoms with E-state index in [0.717, 1.165) is 0 Å². The Kier molecular flexibility index (Phi) is 2.33. The van der Waals surface area contributed by atoms with E-state index < -0.39 is 0 Å². The summed E-state index contributed by atoms with van der Waals surface area (Å²) in [5.41, 5.74) is 1.02. The monoisotopic (exact) mass is 205 g/mol. The predicted octanol–water partition coefficient (Wildman–Crippen LogP) is 1.82. The molecule has 78 valence electrons. The van der Waals surface area contributed by atoms with Crippen LogP contribution in [0.5, 0.6) is 5.75 Å². The molecule has 4 heteroatoms. The van der Waals surface area contributed by atoms with Crippen molar-refractivity contribution >= 4 is 11.5 Å². The summed E-state index contributed by atoms with van der Waals surface area (Å²) < 4.78 is 6.50. The lowest BCUT2D eigenvalue weighted by molar-refractivity contribution is 0.0518. The van der Waals surface area contributed by atoms with Crippen molar-refractivity contribution in [3.8, 4) is 5.75 Å². The lowest BCUT2D eigenvalue weighted by Crippen LogP contribution is -2.07. The Morgan fingerprint density at radius 1 is 1.47 bits per heavy atom. The fraction of sp³-hybridized carbons (Fsp3) is 0.182. The van der Waals surface area contributed by atoms with E-state index in [9.17, 15) is 9.90 Å². The van der Waals surface area contributed by atoms with Crippen molar-refractivity contribution in [2.75, 3.05) is 6.61 Å². The standard InChI is InChI=1S/C11H11NO3/c1-2-15-11(14)9-6-5-8-10(13)4-3-7-12(8)9/h3-7,13H,2H2,1H3. The first-order valence-corrected chi connectivity index (χ1v) is 4.70. The van der Waals surface area contributed by atoms with Crippen molar-refractivity contribution in [3.63, 3.8) is 0 Å². The average Bonchev–Trinajstić information content (AvgIpc) is 2.63. The Labute approximate surface area is 86.7 Å². The summed E-state index contributed by atoms with van der Waals surface area (Å²) in [5.74, 6) is -0.240. The zero-order chi connectivity index (χ0) is 10.8. The Hall–Kier alpha value is -1.97. The van der Waals surface area contributed by atoms with Crippen LogP contribution >= 0.6 is 0 Å². The van der Waals surface area contributed by atoms with Gasteiger partial charge in [-0.15, -0.1) is 0 Å². The van der Waals surface area contributed by atoms with Gasteiger partial charge in [0.1, 0.15) is 11.4 Å². The summed E-state index contributed by atoms with van der Waals surface area (Å²) in [6, 6.07) is 6.56. The van der Waals surface area contributed by atoms with Gasteiger partial charge in [0.05, 0.1) is 12.1 Å². The van der Waals surface area contributed by atoms with Gasteiger partial charge in [-0.3, -0.25) is 0 Å². The molecule has 2 rings (SSSR count). The molecule has 0 fully saturated rings. The number of aromatic hydroxyl groups is 1. The average molecular weight is 205 g/mol. The molecule has 4 nitrogen and oxygen atoms in total. The maximum atomic E-state index is 11.5. The number of fused-ring (bicyclic) bond motifs is 1. The van der Waals surface area contributed by atoms with Crippen LogP contribution in [0.4, 0.5) is 0 Å². The number of pyridine rings is 1. The number of hydrogen-bond acceptors (Lipinski definition) is 3. The zero-order valence-corrected chi connectivity index (χ0v) is 8.30. The highest BCUT2D eigenvalue weighted by Gasteiger charge is 2.12. The van der Waals surface area contributed by atoms with Gasteiger partial charge < -0.3 is 14.2 Å². The number of nitrogens with zero attached hydrogens (tertiary/aromatic N) is 1. The smallest absolute Gasteiger partial charge is 0.355 e. The van der Waals surface area contributed by atoms with Gasteiger partial charge in [0, 0.05) is 6.20 Å². The Bertz CT molecular complexity index is 502. The minimum absolute atomic E-state index is 0.146. The van der Waals surface area contributed by atoms with Crippen molar-refractivity contribution < 1.29 is 14.6 Å². The molecule has 0 aliphatic rings. The van der Waals surface area contributed by atoms with Gasteiger partial charge in [-0.2, -0.15) is 0 Å². The topological polar surface area (TPSA) is 50.9 Å². The molecule has 2 aromatic rings. The van der Waals surface area contributed by atoms with Crippen molar-refractivity contribution in [2.24, 2.45) is 0 Å². The van der Waals surface area contributed by atoms with Crippen LogP contribution in [-0.2, 0) is 4.74 Å².